The van der Waals surface area contributed by atoms with Crippen LogP contribution in [0.2, 0.25) is 0 Å². The molecule has 0 aliphatic carbocycles. The Morgan fingerprint density at radius 1 is 1.40 bits per heavy atom. The quantitative estimate of drug-likeness (QED) is 0.332. The summed E-state index contributed by atoms with van der Waals surface area (Å²) in [5, 5.41) is 7.84. The van der Waals surface area contributed by atoms with E-state index in [9.17, 15) is 4.79 Å². The highest BCUT2D eigenvalue weighted by molar-refractivity contribution is 7.98. The van der Waals surface area contributed by atoms with Crippen LogP contribution in [-0.4, -0.2) is 30.4 Å². The van der Waals surface area contributed by atoms with Gasteiger partial charge in [0.2, 0.25) is 0 Å². The number of aliphatic hydroxyl groups is 1. The van der Waals surface area contributed by atoms with Gasteiger partial charge >= 0.3 is 5.97 Å². The van der Waals surface area contributed by atoms with E-state index in [0.717, 1.165) is 19.3 Å². The smallest absolute Gasteiger partial charge is 0.333 e. The fraction of sp³-hybridized carbons (Fsp3) is 0.688. The number of methoxy groups -OCH3 is 1. The van der Waals surface area contributed by atoms with Crippen LogP contribution in [0.4, 0.5) is 0 Å². The Bertz CT molecular complexity index is 307. The average molecular weight is 302 g/mol. The Kier molecular flexibility index (Phi) is 15.8. The van der Waals surface area contributed by atoms with Gasteiger partial charge in [-0.15, -0.1) is 11.8 Å². The van der Waals surface area contributed by atoms with Crippen molar-refractivity contribution < 1.29 is 14.6 Å². The van der Waals surface area contributed by atoms with Crippen LogP contribution in [0.3, 0.4) is 0 Å². The van der Waals surface area contributed by atoms with E-state index in [1.54, 1.807) is 6.92 Å². The first-order valence-corrected chi connectivity index (χ1v) is 8.28. The molecule has 0 saturated heterocycles. The summed E-state index contributed by atoms with van der Waals surface area (Å²) in [6.45, 7) is 8.28. The third-order valence-electron chi connectivity index (χ3n) is 2.91. The van der Waals surface area contributed by atoms with Crippen LogP contribution in [0.15, 0.2) is 23.3 Å². The van der Waals surface area contributed by atoms with E-state index >= 15 is 0 Å². The number of hydrogen-bond acceptors (Lipinski definition) is 4. The fourth-order valence-corrected chi connectivity index (χ4v) is 1.60. The number of allylic oxidation sites excluding steroid dienone is 3. The van der Waals surface area contributed by atoms with Gasteiger partial charge in [-0.2, -0.15) is 0 Å². The van der Waals surface area contributed by atoms with Crippen LogP contribution < -0.4 is 0 Å². The summed E-state index contributed by atoms with van der Waals surface area (Å²) in [6.07, 6.45) is 9.17. The lowest BCUT2D eigenvalue weighted by Gasteiger charge is -2.10. The number of aliphatic hydroxyl groups excluding tert-OH is 1. The molecule has 0 radical (unpaired) electrons. The van der Waals surface area contributed by atoms with Gasteiger partial charge in [-0.05, 0) is 52.2 Å². The van der Waals surface area contributed by atoms with Crippen molar-refractivity contribution in [1.29, 1.82) is 0 Å². The molecule has 0 spiro atoms. The molecule has 0 aromatic heterocycles. The lowest BCUT2D eigenvalue weighted by atomic mass is 9.97. The van der Waals surface area contributed by atoms with Gasteiger partial charge < -0.3 is 9.84 Å². The van der Waals surface area contributed by atoms with Crippen LogP contribution >= 0.6 is 11.8 Å². The number of rotatable bonds is 7. The van der Waals surface area contributed by atoms with Gasteiger partial charge in [0.05, 0.1) is 13.0 Å². The van der Waals surface area contributed by atoms with Crippen molar-refractivity contribution in [3.8, 4) is 0 Å². The summed E-state index contributed by atoms with van der Waals surface area (Å²) in [5.74, 6) is 0.676. The first-order chi connectivity index (χ1) is 9.42. The highest BCUT2D eigenvalue weighted by Gasteiger charge is 2.04. The molecule has 0 fully saturated rings. The highest BCUT2D eigenvalue weighted by atomic mass is 32.2. The number of ether oxygens (including phenoxy) is 1. The van der Waals surface area contributed by atoms with Crippen molar-refractivity contribution in [1.82, 2.24) is 0 Å². The average Bonchev–Trinajstić information content (AvgIpc) is 2.46. The van der Waals surface area contributed by atoms with Gasteiger partial charge in [-0.3, -0.25) is 0 Å². The Labute approximate surface area is 128 Å². The molecule has 0 aliphatic rings. The summed E-state index contributed by atoms with van der Waals surface area (Å²) in [6, 6.07) is 0. The van der Waals surface area contributed by atoms with E-state index in [2.05, 4.69) is 31.6 Å². The lowest BCUT2D eigenvalue weighted by molar-refractivity contribution is -0.136. The first-order valence-electron chi connectivity index (χ1n) is 6.89. The van der Waals surface area contributed by atoms with E-state index in [0.29, 0.717) is 11.5 Å². The van der Waals surface area contributed by atoms with Crippen molar-refractivity contribution >= 4 is 17.7 Å². The first kappa shape index (κ1) is 21.6. The van der Waals surface area contributed by atoms with Crippen LogP contribution in [-0.2, 0) is 9.53 Å². The molecule has 0 heterocycles. The zero-order valence-corrected chi connectivity index (χ0v) is 14.5. The molecule has 20 heavy (non-hydrogen) atoms. The van der Waals surface area contributed by atoms with E-state index in [4.69, 9.17) is 5.11 Å². The largest absolute Gasteiger partial charge is 0.466 e. The van der Waals surface area contributed by atoms with E-state index in [-0.39, 0.29) is 11.9 Å². The van der Waals surface area contributed by atoms with E-state index < -0.39 is 0 Å². The maximum atomic E-state index is 11.1. The van der Waals surface area contributed by atoms with Gasteiger partial charge in [0.15, 0.2) is 0 Å². The molecule has 0 aromatic carbocycles. The monoisotopic (exact) mass is 302 g/mol. The summed E-state index contributed by atoms with van der Waals surface area (Å²) in [5.41, 5.74) is 2.14. The Hall–Kier alpha value is -0.740. The van der Waals surface area contributed by atoms with Gasteiger partial charge in [0, 0.05) is 5.57 Å². The maximum Gasteiger partial charge on any atom is 0.333 e. The molecule has 1 unspecified atom stereocenters. The molecular weight excluding hydrogens is 272 g/mol. The Morgan fingerprint density at radius 2 is 1.95 bits per heavy atom. The Morgan fingerprint density at radius 3 is 2.35 bits per heavy atom. The van der Waals surface area contributed by atoms with Gasteiger partial charge in [-0.1, -0.05) is 24.6 Å². The van der Waals surface area contributed by atoms with Gasteiger partial charge in [-0.25, -0.2) is 4.79 Å². The van der Waals surface area contributed by atoms with Crippen molar-refractivity contribution in [2.45, 2.75) is 47.0 Å². The molecule has 0 bridgehead atoms. The van der Waals surface area contributed by atoms with E-state index in [1.165, 1.54) is 24.4 Å². The molecule has 0 aromatic rings. The van der Waals surface area contributed by atoms with Gasteiger partial charge in [0.1, 0.15) is 0 Å². The molecule has 118 valence electrons. The molecule has 1 N–H and O–H groups in total. The van der Waals surface area contributed by atoms with Crippen molar-refractivity contribution in [3.63, 3.8) is 0 Å². The lowest BCUT2D eigenvalue weighted by Crippen LogP contribution is -2.02. The standard InChI is InChI=1S/C14H24O2.C2H6OS/c1-6-11(2)10-12(3)8-7-9-13(4)14(15)16-5;1-4-2-3/h6,9,12H,7-8,10H2,1-5H3;3H,2H2,1H3/b11-6+,13-9+;. The van der Waals surface area contributed by atoms with Gasteiger partial charge in [0.25, 0.3) is 0 Å². The second-order valence-electron chi connectivity index (χ2n) is 4.82. The molecule has 0 rings (SSSR count). The Balaban J connectivity index is 0. The van der Waals surface area contributed by atoms with Crippen LogP contribution in [0.25, 0.3) is 0 Å². The predicted molar refractivity (Wildman–Crippen MR) is 88.8 cm³/mol. The summed E-state index contributed by atoms with van der Waals surface area (Å²) in [7, 11) is 1.41. The van der Waals surface area contributed by atoms with E-state index in [1.807, 2.05) is 12.3 Å². The third kappa shape index (κ3) is 13.7. The second-order valence-corrected chi connectivity index (χ2v) is 5.65. The molecule has 3 nitrogen and oxygen atoms in total. The zero-order valence-electron chi connectivity index (χ0n) is 13.7. The predicted octanol–water partition coefficient (Wildman–Crippen LogP) is 4.18. The topological polar surface area (TPSA) is 46.5 Å². The molecule has 1 atom stereocenters. The molecule has 0 saturated carbocycles. The third-order valence-corrected chi connectivity index (χ3v) is 3.17. The van der Waals surface area contributed by atoms with Crippen LogP contribution in [0, 0.1) is 5.92 Å². The summed E-state index contributed by atoms with van der Waals surface area (Å²) >= 11 is 1.41. The number of hydrogen-bond donors (Lipinski definition) is 1. The number of esters is 1. The second kappa shape index (κ2) is 14.7. The number of carbonyl (C=O) groups excluding carboxylic acids is 1. The van der Waals surface area contributed by atoms with Crippen LogP contribution in [0.5, 0.6) is 0 Å². The van der Waals surface area contributed by atoms with Crippen LogP contribution in [0.1, 0.15) is 47.0 Å². The molecular formula is C16H30O3S. The number of thioether (sulfide) groups is 1. The highest BCUT2D eigenvalue weighted by Crippen LogP contribution is 2.16. The van der Waals surface area contributed by atoms with Crippen molar-refractivity contribution in [2.24, 2.45) is 5.92 Å². The minimum Gasteiger partial charge on any atom is -0.466 e. The van der Waals surface area contributed by atoms with Crippen molar-refractivity contribution in [2.75, 3.05) is 19.3 Å². The van der Waals surface area contributed by atoms with Crippen molar-refractivity contribution in [3.05, 3.63) is 23.3 Å². The molecule has 0 amide bonds. The summed E-state index contributed by atoms with van der Waals surface area (Å²) in [4.78, 5) is 11.1. The minimum absolute atomic E-state index is 0.225. The molecule has 4 heteroatoms. The minimum atomic E-state index is -0.225. The fourth-order valence-electron chi connectivity index (χ4n) is 1.60. The normalized spacial score (nSPS) is 13.3. The summed E-state index contributed by atoms with van der Waals surface area (Å²) < 4.78 is 4.64. The number of carbonyl (C=O) groups is 1. The molecule has 0 aliphatic heterocycles. The zero-order chi connectivity index (χ0) is 16.0. The maximum absolute atomic E-state index is 11.1. The SMILES string of the molecule is C/C=C(\C)CC(C)CC/C=C(\C)C(=O)OC.CSCO.